The number of benzene rings is 3. The van der Waals surface area contributed by atoms with E-state index in [0.29, 0.717) is 46.2 Å². The number of carbonyl (C=O) groups is 1. The maximum Gasteiger partial charge on any atom is 0.248 e. The first kappa shape index (κ1) is 25.4. The molecule has 1 aromatic heterocycles. The third-order valence-corrected chi connectivity index (χ3v) is 6.35. The number of pyridine rings is 1. The summed E-state index contributed by atoms with van der Waals surface area (Å²) < 4.78 is 22.3. The number of methoxy groups -OCH3 is 1. The molecule has 2 heterocycles. The van der Waals surface area contributed by atoms with E-state index >= 15 is 0 Å². The van der Waals surface area contributed by atoms with E-state index in [1.54, 1.807) is 37.4 Å². The fourth-order valence-corrected chi connectivity index (χ4v) is 4.42. The van der Waals surface area contributed by atoms with Gasteiger partial charge in [-0.05, 0) is 54.8 Å². The van der Waals surface area contributed by atoms with Crippen molar-refractivity contribution in [1.82, 2.24) is 4.98 Å². The fourth-order valence-electron chi connectivity index (χ4n) is 4.42. The Labute approximate surface area is 225 Å². The van der Waals surface area contributed by atoms with Crippen molar-refractivity contribution in [3.63, 3.8) is 0 Å². The van der Waals surface area contributed by atoms with Crippen LogP contribution in [0, 0.1) is 18.3 Å². The van der Waals surface area contributed by atoms with Crippen molar-refractivity contribution in [3.05, 3.63) is 101 Å². The first-order valence-electron chi connectivity index (χ1n) is 12.2. The minimum atomic E-state index is -0.479. The number of amides is 1. The van der Waals surface area contributed by atoms with E-state index in [9.17, 15) is 10.1 Å². The van der Waals surface area contributed by atoms with Crippen LogP contribution in [0.15, 0.2) is 72.8 Å². The van der Waals surface area contributed by atoms with E-state index in [2.05, 4.69) is 11.1 Å². The van der Waals surface area contributed by atoms with Crippen molar-refractivity contribution in [2.24, 2.45) is 5.73 Å². The lowest BCUT2D eigenvalue weighted by atomic mass is 9.93. The van der Waals surface area contributed by atoms with Crippen molar-refractivity contribution >= 4 is 12.0 Å². The Hall–Kier alpha value is -5.29. The number of ether oxygens (including phenoxy) is 4. The van der Waals surface area contributed by atoms with Crippen LogP contribution in [0.2, 0.25) is 0 Å². The number of fused-ring (bicyclic) bond motifs is 1. The van der Waals surface area contributed by atoms with Crippen molar-refractivity contribution in [2.75, 3.05) is 13.9 Å². The number of carbonyl (C=O) groups excluding carboxylic acids is 1. The number of aromatic nitrogens is 1. The van der Waals surface area contributed by atoms with Gasteiger partial charge in [0.2, 0.25) is 18.6 Å². The van der Waals surface area contributed by atoms with Gasteiger partial charge >= 0.3 is 0 Å². The summed E-state index contributed by atoms with van der Waals surface area (Å²) in [6, 6.07) is 22.1. The molecular weight excluding hydrogens is 494 g/mol. The molecule has 1 amide bonds. The lowest BCUT2D eigenvalue weighted by Gasteiger charge is -2.16. The van der Waals surface area contributed by atoms with E-state index < -0.39 is 5.91 Å². The Balaban J connectivity index is 1.58. The fraction of sp³-hybridized carbons (Fsp3) is 0.129. The average molecular weight is 520 g/mol. The van der Waals surface area contributed by atoms with E-state index in [1.807, 2.05) is 55.5 Å². The molecule has 4 aromatic rings. The molecule has 0 radical (unpaired) electrons. The Kier molecular flexibility index (Phi) is 7.15. The smallest absolute Gasteiger partial charge is 0.248 e. The Morgan fingerprint density at radius 1 is 1.08 bits per heavy atom. The minimum Gasteiger partial charge on any atom is -0.497 e. The lowest BCUT2D eigenvalue weighted by molar-refractivity contribution is 0.0999. The predicted molar refractivity (Wildman–Crippen MR) is 146 cm³/mol. The van der Waals surface area contributed by atoms with Gasteiger partial charge in [0.1, 0.15) is 23.1 Å². The normalized spacial score (nSPS) is 11.8. The third kappa shape index (κ3) is 5.24. The summed E-state index contributed by atoms with van der Waals surface area (Å²) in [4.78, 5) is 16.5. The van der Waals surface area contributed by atoms with Crippen LogP contribution in [-0.4, -0.2) is 24.8 Å². The number of hydrogen-bond acceptors (Lipinski definition) is 7. The van der Waals surface area contributed by atoms with E-state index in [1.165, 1.54) is 0 Å². The van der Waals surface area contributed by atoms with Crippen LogP contribution in [0.1, 0.15) is 32.7 Å². The average Bonchev–Trinajstić information content (AvgIpc) is 3.42. The Morgan fingerprint density at radius 2 is 1.82 bits per heavy atom. The number of hydrogen-bond donors (Lipinski definition) is 1. The summed E-state index contributed by atoms with van der Waals surface area (Å²) >= 11 is 0. The van der Waals surface area contributed by atoms with E-state index in [-0.39, 0.29) is 18.2 Å². The van der Waals surface area contributed by atoms with Crippen LogP contribution >= 0.6 is 0 Å². The van der Waals surface area contributed by atoms with Gasteiger partial charge in [0.05, 0.1) is 7.11 Å². The molecule has 3 aromatic carbocycles. The molecule has 194 valence electrons. The maximum atomic E-state index is 11.8. The Morgan fingerprint density at radius 3 is 2.56 bits per heavy atom. The largest absolute Gasteiger partial charge is 0.497 e. The van der Waals surface area contributed by atoms with Crippen LogP contribution in [0.3, 0.4) is 0 Å². The van der Waals surface area contributed by atoms with Gasteiger partial charge in [-0.1, -0.05) is 42.5 Å². The SMILES string of the molecule is COc1ccc(-c2c(C#N)c(Oc3ccc4c(c3)OCO4)nc(C)c2C=CCc2ccccc2C(N)=O)cc1. The van der Waals surface area contributed by atoms with Crippen LogP contribution in [0.5, 0.6) is 28.9 Å². The van der Waals surface area contributed by atoms with Crippen molar-refractivity contribution < 1.29 is 23.7 Å². The molecule has 0 unspecified atom stereocenters. The van der Waals surface area contributed by atoms with Gasteiger partial charge in [0, 0.05) is 28.5 Å². The molecule has 0 bridgehead atoms. The van der Waals surface area contributed by atoms with Crippen LogP contribution in [0.25, 0.3) is 17.2 Å². The second kappa shape index (κ2) is 11.0. The highest BCUT2D eigenvalue weighted by Gasteiger charge is 2.21. The van der Waals surface area contributed by atoms with Crippen molar-refractivity contribution in [2.45, 2.75) is 13.3 Å². The molecule has 0 spiro atoms. The molecular formula is C31H25N3O5. The summed E-state index contributed by atoms with van der Waals surface area (Å²) in [5.74, 6) is 2.05. The van der Waals surface area contributed by atoms with Crippen LogP contribution in [0.4, 0.5) is 0 Å². The molecule has 8 heteroatoms. The lowest BCUT2D eigenvalue weighted by Crippen LogP contribution is -2.13. The topological polar surface area (TPSA) is 117 Å². The maximum absolute atomic E-state index is 11.8. The van der Waals surface area contributed by atoms with Gasteiger partial charge in [-0.15, -0.1) is 0 Å². The summed E-state index contributed by atoms with van der Waals surface area (Å²) in [6.45, 7) is 2.00. The molecule has 0 fully saturated rings. The monoisotopic (exact) mass is 519 g/mol. The van der Waals surface area contributed by atoms with Crippen molar-refractivity contribution in [3.8, 4) is 46.1 Å². The van der Waals surface area contributed by atoms with E-state index in [0.717, 1.165) is 16.7 Å². The first-order chi connectivity index (χ1) is 19.0. The highest BCUT2D eigenvalue weighted by atomic mass is 16.7. The van der Waals surface area contributed by atoms with Gasteiger partial charge in [-0.2, -0.15) is 5.26 Å². The Bertz CT molecular complexity index is 1620. The molecule has 0 aliphatic carbocycles. The predicted octanol–water partition coefficient (Wildman–Crippen LogP) is 5.81. The zero-order valence-corrected chi connectivity index (χ0v) is 21.4. The van der Waals surface area contributed by atoms with Gasteiger partial charge in [0.15, 0.2) is 11.5 Å². The number of aryl methyl sites for hydroxylation is 1. The second-order valence-corrected chi connectivity index (χ2v) is 8.75. The summed E-state index contributed by atoms with van der Waals surface area (Å²) in [6.07, 6.45) is 4.31. The molecule has 8 nitrogen and oxygen atoms in total. The highest BCUT2D eigenvalue weighted by Crippen LogP contribution is 2.40. The molecule has 1 aliphatic rings. The van der Waals surface area contributed by atoms with Gasteiger partial charge in [0.25, 0.3) is 0 Å². The molecule has 39 heavy (non-hydrogen) atoms. The quantitative estimate of drug-likeness (QED) is 0.312. The van der Waals surface area contributed by atoms with Crippen LogP contribution < -0.4 is 24.7 Å². The van der Waals surface area contributed by atoms with Crippen LogP contribution in [-0.2, 0) is 6.42 Å². The second-order valence-electron chi connectivity index (χ2n) is 8.75. The zero-order chi connectivity index (χ0) is 27.4. The molecule has 1 aliphatic heterocycles. The number of primary amides is 1. The number of rotatable bonds is 8. The zero-order valence-electron chi connectivity index (χ0n) is 21.4. The first-order valence-corrected chi connectivity index (χ1v) is 12.2. The number of nitrogens with two attached hydrogens (primary N) is 1. The summed E-state index contributed by atoms with van der Waals surface area (Å²) in [5.41, 5.74) is 9.98. The standard InChI is InChI=1S/C31H25N3O5/c1-19-24(9-5-7-20-6-3-4-8-25(20)30(33)35)29(21-10-12-22(36-2)13-11-21)26(17-32)31(34-19)39-23-14-15-27-28(16-23)38-18-37-27/h3-6,8-16H,7,18H2,1-2H3,(H2,33,35). The van der Waals surface area contributed by atoms with Crippen molar-refractivity contribution in [1.29, 1.82) is 5.26 Å². The van der Waals surface area contributed by atoms with Gasteiger partial charge in [-0.3, -0.25) is 4.79 Å². The van der Waals surface area contributed by atoms with Gasteiger partial charge < -0.3 is 24.7 Å². The van der Waals surface area contributed by atoms with E-state index in [4.69, 9.17) is 24.7 Å². The highest BCUT2D eigenvalue weighted by molar-refractivity contribution is 5.94. The molecule has 5 rings (SSSR count). The minimum absolute atomic E-state index is 0.145. The molecule has 0 atom stereocenters. The third-order valence-electron chi connectivity index (χ3n) is 6.35. The molecule has 0 saturated carbocycles. The van der Waals surface area contributed by atoms with Gasteiger partial charge in [-0.25, -0.2) is 4.98 Å². The molecule has 2 N–H and O–H groups in total. The number of nitriles is 1. The number of nitrogens with zero attached hydrogens (tertiary/aromatic N) is 2. The summed E-state index contributed by atoms with van der Waals surface area (Å²) in [5, 5.41) is 10.3. The number of allylic oxidation sites excluding steroid dienone is 1. The molecule has 0 saturated heterocycles. The summed E-state index contributed by atoms with van der Waals surface area (Å²) in [7, 11) is 1.60.